The van der Waals surface area contributed by atoms with Gasteiger partial charge in [0.15, 0.2) is 0 Å². The minimum Gasteiger partial charge on any atom is -0.412 e. The second-order valence-corrected chi connectivity index (χ2v) is 5.29. The van der Waals surface area contributed by atoms with Crippen LogP contribution in [0.5, 0.6) is 0 Å². The van der Waals surface area contributed by atoms with Gasteiger partial charge in [0.05, 0.1) is 0 Å². The van der Waals surface area contributed by atoms with Crippen molar-refractivity contribution in [2.75, 3.05) is 5.73 Å². The van der Waals surface area contributed by atoms with Crippen molar-refractivity contribution in [2.45, 2.75) is 9.79 Å². The second kappa shape index (κ2) is 9.64. The average Bonchev–Trinajstić information content (AvgIpc) is 2.51. The van der Waals surface area contributed by atoms with Crippen LogP contribution in [-0.4, -0.2) is 5.48 Å². The zero-order chi connectivity index (χ0) is 14.0. The van der Waals surface area contributed by atoms with Crippen LogP contribution in [0.3, 0.4) is 0 Å². The van der Waals surface area contributed by atoms with Gasteiger partial charge in [0.25, 0.3) is 0 Å². The molecule has 0 saturated carbocycles. The molecule has 3 aromatic carbocycles. The fraction of sp³-hybridized carbons (Fsp3) is 0. The van der Waals surface area contributed by atoms with E-state index in [-0.39, 0.29) is 5.48 Å². The maximum Gasteiger partial charge on any atom is 0.0313 e. The van der Waals surface area contributed by atoms with E-state index in [9.17, 15) is 0 Å². The molecule has 4 N–H and O–H groups in total. The Kier molecular flexibility index (Phi) is 7.72. The Balaban J connectivity index is 0.000000236. The SMILES string of the molecule is Nc1ccccc1.O.c1ccc(Sc2ccccc2)cc1. The van der Waals surface area contributed by atoms with Crippen LogP contribution in [0.4, 0.5) is 5.69 Å². The van der Waals surface area contributed by atoms with Crippen molar-refractivity contribution in [1.29, 1.82) is 0 Å². The molecule has 0 amide bonds. The highest BCUT2D eigenvalue weighted by Gasteiger charge is 1.93. The summed E-state index contributed by atoms with van der Waals surface area (Å²) in [4.78, 5) is 2.57. The van der Waals surface area contributed by atoms with E-state index in [4.69, 9.17) is 5.73 Å². The number of para-hydroxylation sites is 1. The Bertz CT molecular complexity index is 562. The topological polar surface area (TPSA) is 57.5 Å². The fourth-order valence-electron chi connectivity index (χ4n) is 1.57. The van der Waals surface area contributed by atoms with Gasteiger partial charge in [0.2, 0.25) is 0 Å². The molecule has 0 spiro atoms. The van der Waals surface area contributed by atoms with Crippen molar-refractivity contribution >= 4 is 17.4 Å². The summed E-state index contributed by atoms with van der Waals surface area (Å²) >= 11 is 1.79. The monoisotopic (exact) mass is 297 g/mol. The summed E-state index contributed by atoms with van der Waals surface area (Å²) in [6.07, 6.45) is 0. The average molecular weight is 297 g/mol. The van der Waals surface area contributed by atoms with Crippen LogP contribution in [0.2, 0.25) is 0 Å². The normalized spacial score (nSPS) is 8.95. The number of hydrogen-bond acceptors (Lipinski definition) is 2. The Labute approximate surface area is 129 Å². The van der Waals surface area contributed by atoms with Gasteiger partial charge in [0.1, 0.15) is 0 Å². The van der Waals surface area contributed by atoms with E-state index in [0.717, 1.165) is 5.69 Å². The number of anilines is 1. The van der Waals surface area contributed by atoms with Gasteiger partial charge in [-0.1, -0.05) is 66.4 Å². The van der Waals surface area contributed by atoms with Gasteiger partial charge >= 0.3 is 0 Å². The van der Waals surface area contributed by atoms with Crippen LogP contribution in [0.15, 0.2) is 101 Å². The molecule has 3 aromatic rings. The molecule has 0 saturated heterocycles. The minimum absolute atomic E-state index is 0. The molecule has 108 valence electrons. The van der Waals surface area contributed by atoms with Gasteiger partial charge in [-0.2, -0.15) is 0 Å². The van der Waals surface area contributed by atoms with E-state index < -0.39 is 0 Å². The van der Waals surface area contributed by atoms with Gasteiger partial charge in [-0.3, -0.25) is 0 Å². The molecule has 0 bridgehead atoms. The highest BCUT2D eigenvalue weighted by Crippen LogP contribution is 2.26. The Hall–Kier alpha value is -2.23. The van der Waals surface area contributed by atoms with E-state index in [1.807, 2.05) is 42.5 Å². The molecule has 3 rings (SSSR count). The highest BCUT2D eigenvalue weighted by molar-refractivity contribution is 7.99. The summed E-state index contributed by atoms with van der Waals surface area (Å²) in [6.45, 7) is 0. The lowest BCUT2D eigenvalue weighted by Gasteiger charge is -1.99. The third-order valence-corrected chi connectivity index (χ3v) is 3.54. The van der Waals surface area contributed by atoms with Crippen LogP contribution in [0, 0.1) is 0 Å². The molecule has 0 aromatic heterocycles. The lowest BCUT2D eigenvalue weighted by atomic mass is 10.3. The molecule has 0 heterocycles. The number of nitrogen functional groups attached to an aromatic ring is 1. The zero-order valence-electron chi connectivity index (χ0n) is 11.6. The van der Waals surface area contributed by atoms with E-state index in [1.54, 1.807) is 11.8 Å². The lowest BCUT2D eigenvalue weighted by molar-refractivity contribution is 0.824. The lowest BCUT2D eigenvalue weighted by Crippen LogP contribution is -1.79. The van der Waals surface area contributed by atoms with Crippen molar-refractivity contribution in [2.24, 2.45) is 0 Å². The van der Waals surface area contributed by atoms with Gasteiger partial charge in [0, 0.05) is 15.5 Å². The first-order valence-electron chi connectivity index (χ1n) is 6.43. The van der Waals surface area contributed by atoms with Crippen molar-refractivity contribution in [3.63, 3.8) is 0 Å². The number of rotatable bonds is 2. The molecule has 0 fully saturated rings. The summed E-state index contributed by atoms with van der Waals surface area (Å²) in [7, 11) is 0. The molecule has 0 radical (unpaired) electrons. The van der Waals surface area contributed by atoms with Gasteiger partial charge in [-0.25, -0.2) is 0 Å². The fourth-order valence-corrected chi connectivity index (χ4v) is 2.42. The summed E-state index contributed by atoms with van der Waals surface area (Å²) in [5.41, 5.74) is 6.18. The molecular weight excluding hydrogens is 278 g/mol. The van der Waals surface area contributed by atoms with E-state index in [2.05, 4.69) is 48.5 Å². The van der Waals surface area contributed by atoms with Crippen molar-refractivity contribution < 1.29 is 5.48 Å². The second-order valence-electron chi connectivity index (χ2n) is 4.14. The standard InChI is InChI=1S/C12H10S.C6H7N.H2O/c1-3-7-11(8-4-1)13-12-9-5-2-6-10-12;7-6-4-2-1-3-5-6;/h1-10H;1-5H,7H2;1H2. The third-order valence-electron chi connectivity index (χ3n) is 2.52. The maximum atomic E-state index is 5.36. The Morgan fingerprint density at radius 3 is 1.14 bits per heavy atom. The largest absolute Gasteiger partial charge is 0.412 e. The molecule has 3 heteroatoms. The molecule has 0 unspecified atom stereocenters. The summed E-state index contributed by atoms with van der Waals surface area (Å²) < 4.78 is 0. The third kappa shape index (κ3) is 6.65. The number of benzene rings is 3. The van der Waals surface area contributed by atoms with E-state index in [1.165, 1.54) is 9.79 Å². The van der Waals surface area contributed by atoms with Gasteiger partial charge in [-0.15, -0.1) is 0 Å². The highest BCUT2D eigenvalue weighted by atomic mass is 32.2. The maximum absolute atomic E-state index is 5.36. The van der Waals surface area contributed by atoms with E-state index >= 15 is 0 Å². The quantitative estimate of drug-likeness (QED) is 0.718. The first-order chi connectivity index (χ1) is 9.84. The van der Waals surface area contributed by atoms with Gasteiger partial charge in [-0.05, 0) is 36.4 Å². The van der Waals surface area contributed by atoms with Crippen LogP contribution in [0.25, 0.3) is 0 Å². The predicted octanol–water partition coefficient (Wildman–Crippen LogP) is 4.28. The Morgan fingerprint density at radius 1 is 0.524 bits per heavy atom. The van der Waals surface area contributed by atoms with Crippen molar-refractivity contribution in [1.82, 2.24) is 0 Å². The van der Waals surface area contributed by atoms with Crippen LogP contribution < -0.4 is 5.73 Å². The van der Waals surface area contributed by atoms with Gasteiger partial charge < -0.3 is 11.2 Å². The van der Waals surface area contributed by atoms with Crippen molar-refractivity contribution in [3.05, 3.63) is 91.0 Å². The molecule has 21 heavy (non-hydrogen) atoms. The first kappa shape index (κ1) is 16.8. The molecular formula is C18H19NOS. The van der Waals surface area contributed by atoms with Crippen LogP contribution in [0.1, 0.15) is 0 Å². The van der Waals surface area contributed by atoms with Crippen molar-refractivity contribution in [3.8, 4) is 0 Å². The first-order valence-corrected chi connectivity index (χ1v) is 7.25. The summed E-state index contributed by atoms with van der Waals surface area (Å²) in [5, 5.41) is 0. The number of hydrogen-bond donors (Lipinski definition) is 1. The zero-order valence-corrected chi connectivity index (χ0v) is 12.5. The van der Waals surface area contributed by atoms with Crippen LogP contribution >= 0.6 is 11.8 Å². The molecule has 0 aliphatic rings. The molecule has 0 aliphatic carbocycles. The minimum atomic E-state index is 0. The summed E-state index contributed by atoms with van der Waals surface area (Å²) in [5.74, 6) is 0. The molecule has 0 atom stereocenters. The predicted molar refractivity (Wildman–Crippen MR) is 91.5 cm³/mol. The molecule has 2 nitrogen and oxygen atoms in total. The van der Waals surface area contributed by atoms with E-state index in [0.29, 0.717) is 0 Å². The number of nitrogens with two attached hydrogens (primary N) is 1. The summed E-state index contributed by atoms with van der Waals surface area (Å²) in [6, 6.07) is 30.3. The van der Waals surface area contributed by atoms with Crippen LogP contribution in [-0.2, 0) is 0 Å². The molecule has 0 aliphatic heterocycles. The smallest absolute Gasteiger partial charge is 0.0313 e. The Morgan fingerprint density at radius 2 is 0.857 bits per heavy atom.